The Labute approximate surface area is 97.5 Å². The zero-order chi connectivity index (χ0) is 12.2. The van der Waals surface area contributed by atoms with Crippen LogP contribution in [0.15, 0.2) is 30.3 Å². The maximum atomic E-state index is 12.2. The number of carbonyl (C=O) groups excluding carboxylic acids is 1. The minimum Gasteiger partial charge on any atom is -0.314 e. The molecule has 16 heavy (non-hydrogen) atoms. The van der Waals surface area contributed by atoms with Crippen LogP contribution >= 0.6 is 0 Å². The molecule has 1 rings (SSSR count). The predicted molar refractivity (Wildman–Crippen MR) is 67.6 cm³/mol. The van der Waals surface area contributed by atoms with Gasteiger partial charge >= 0.3 is 0 Å². The van der Waals surface area contributed by atoms with Gasteiger partial charge in [0.15, 0.2) is 0 Å². The van der Waals surface area contributed by atoms with E-state index in [-0.39, 0.29) is 5.91 Å². The number of benzene rings is 1. The summed E-state index contributed by atoms with van der Waals surface area (Å²) >= 11 is 0. The summed E-state index contributed by atoms with van der Waals surface area (Å²) in [6.45, 7) is 6.58. The van der Waals surface area contributed by atoms with E-state index in [1.807, 2.05) is 51.1 Å². The van der Waals surface area contributed by atoms with Crippen LogP contribution in [-0.2, 0) is 4.79 Å². The highest BCUT2D eigenvalue weighted by Crippen LogP contribution is 2.16. The van der Waals surface area contributed by atoms with Crippen molar-refractivity contribution in [3.63, 3.8) is 0 Å². The van der Waals surface area contributed by atoms with Crippen LogP contribution in [0.1, 0.15) is 20.8 Å². The lowest BCUT2D eigenvalue weighted by molar-refractivity contribution is -0.123. The summed E-state index contributed by atoms with van der Waals surface area (Å²) in [5.74, 6) is 0.0700. The second-order valence-electron chi connectivity index (χ2n) is 4.36. The number of amides is 1. The number of hydrogen-bond acceptors (Lipinski definition) is 2. The molecule has 0 aliphatic carbocycles. The molecule has 0 aromatic heterocycles. The monoisotopic (exact) mass is 220 g/mol. The van der Waals surface area contributed by atoms with Crippen molar-refractivity contribution in [3.05, 3.63) is 30.3 Å². The summed E-state index contributed by atoms with van der Waals surface area (Å²) in [5, 5.41) is 3.18. The lowest BCUT2D eigenvalue weighted by Gasteiger charge is -2.30. The van der Waals surface area contributed by atoms with Gasteiger partial charge in [-0.1, -0.05) is 25.1 Å². The zero-order valence-electron chi connectivity index (χ0n) is 10.4. The summed E-state index contributed by atoms with van der Waals surface area (Å²) in [5.41, 5.74) is 0.387. The second kappa shape index (κ2) is 5.12. The van der Waals surface area contributed by atoms with Crippen LogP contribution in [0.5, 0.6) is 0 Å². The summed E-state index contributed by atoms with van der Waals surface area (Å²) in [7, 11) is 1.80. The SMILES string of the molecule is CCNC(C)(C)C(=O)N(C)c1ccccc1. The molecule has 1 aromatic carbocycles. The van der Waals surface area contributed by atoms with Crippen LogP contribution in [0.25, 0.3) is 0 Å². The molecule has 88 valence electrons. The van der Waals surface area contributed by atoms with Crippen molar-refractivity contribution < 1.29 is 4.79 Å². The minimum atomic E-state index is -0.528. The molecule has 0 saturated carbocycles. The number of para-hydroxylation sites is 1. The summed E-state index contributed by atoms with van der Waals surface area (Å²) in [4.78, 5) is 13.9. The molecule has 1 N–H and O–H groups in total. The number of anilines is 1. The first-order valence-electron chi connectivity index (χ1n) is 5.57. The fourth-order valence-electron chi connectivity index (χ4n) is 1.71. The number of hydrogen-bond donors (Lipinski definition) is 1. The lowest BCUT2D eigenvalue weighted by atomic mass is 10.0. The first-order valence-corrected chi connectivity index (χ1v) is 5.57. The summed E-state index contributed by atoms with van der Waals surface area (Å²) < 4.78 is 0. The maximum absolute atomic E-state index is 12.2. The van der Waals surface area contributed by atoms with E-state index in [2.05, 4.69) is 5.32 Å². The normalized spacial score (nSPS) is 11.2. The highest BCUT2D eigenvalue weighted by molar-refractivity contribution is 5.99. The molecule has 3 heteroatoms. The molecule has 0 saturated heterocycles. The van der Waals surface area contributed by atoms with Crippen LogP contribution in [0, 0.1) is 0 Å². The van der Waals surface area contributed by atoms with E-state index in [9.17, 15) is 4.79 Å². The van der Waals surface area contributed by atoms with Crippen molar-refractivity contribution in [1.29, 1.82) is 0 Å². The van der Waals surface area contributed by atoms with Crippen molar-refractivity contribution in [2.45, 2.75) is 26.3 Å². The van der Waals surface area contributed by atoms with E-state index in [1.165, 1.54) is 0 Å². The number of nitrogens with one attached hydrogen (secondary N) is 1. The van der Waals surface area contributed by atoms with Crippen molar-refractivity contribution >= 4 is 11.6 Å². The fourth-order valence-corrected chi connectivity index (χ4v) is 1.71. The van der Waals surface area contributed by atoms with E-state index >= 15 is 0 Å². The van der Waals surface area contributed by atoms with Crippen molar-refractivity contribution in [3.8, 4) is 0 Å². The molecule has 3 nitrogen and oxygen atoms in total. The van der Waals surface area contributed by atoms with Gasteiger partial charge in [-0.15, -0.1) is 0 Å². The van der Waals surface area contributed by atoms with Crippen molar-refractivity contribution in [2.24, 2.45) is 0 Å². The Hall–Kier alpha value is -1.35. The van der Waals surface area contributed by atoms with E-state index in [4.69, 9.17) is 0 Å². The van der Waals surface area contributed by atoms with E-state index in [0.717, 1.165) is 12.2 Å². The van der Waals surface area contributed by atoms with Gasteiger partial charge in [0.1, 0.15) is 0 Å². The van der Waals surface area contributed by atoms with Gasteiger partial charge in [-0.25, -0.2) is 0 Å². The quantitative estimate of drug-likeness (QED) is 0.842. The van der Waals surface area contributed by atoms with Gasteiger partial charge in [0.2, 0.25) is 5.91 Å². The summed E-state index contributed by atoms with van der Waals surface area (Å²) in [6.07, 6.45) is 0. The molecule has 0 bridgehead atoms. The fraction of sp³-hybridized carbons (Fsp3) is 0.462. The van der Waals surface area contributed by atoms with E-state index in [1.54, 1.807) is 11.9 Å². The Bertz CT molecular complexity index is 346. The second-order valence-corrected chi connectivity index (χ2v) is 4.36. The molecule has 0 radical (unpaired) electrons. The topological polar surface area (TPSA) is 32.3 Å². The van der Waals surface area contributed by atoms with Gasteiger partial charge in [-0.05, 0) is 32.5 Å². The molecule has 0 atom stereocenters. The Morgan fingerprint density at radius 1 is 1.31 bits per heavy atom. The van der Waals surface area contributed by atoms with Crippen LogP contribution in [-0.4, -0.2) is 25.0 Å². The average Bonchev–Trinajstić information content (AvgIpc) is 2.28. The van der Waals surface area contributed by atoms with Gasteiger partial charge < -0.3 is 10.2 Å². The van der Waals surface area contributed by atoms with Gasteiger partial charge in [0, 0.05) is 12.7 Å². The molecule has 0 aliphatic heterocycles. The molecular weight excluding hydrogens is 200 g/mol. The Kier molecular flexibility index (Phi) is 4.07. The molecule has 0 fully saturated rings. The third kappa shape index (κ3) is 2.83. The highest BCUT2D eigenvalue weighted by Gasteiger charge is 2.29. The number of likely N-dealkylation sites (N-methyl/N-ethyl adjacent to an activating group) is 2. The Balaban J connectivity index is 2.82. The first-order chi connectivity index (χ1) is 7.49. The van der Waals surface area contributed by atoms with Crippen LogP contribution in [0.3, 0.4) is 0 Å². The van der Waals surface area contributed by atoms with Gasteiger partial charge in [0.05, 0.1) is 5.54 Å². The van der Waals surface area contributed by atoms with Gasteiger partial charge in [-0.3, -0.25) is 4.79 Å². The van der Waals surface area contributed by atoms with E-state index in [0.29, 0.717) is 0 Å². The van der Waals surface area contributed by atoms with Crippen LogP contribution < -0.4 is 10.2 Å². The lowest BCUT2D eigenvalue weighted by Crippen LogP contribution is -2.53. The molecule has 1 amide bonds. The Morgan fingerprint density at radius 2 is 1.88 bits per heavy atom. The zero-order valence-corrected chi connectivity index (χ0v) is 10.4. The molecule has 0 spiro atoms. The largest absolute Gasteiger partial charge is 0.314 e. The molecule has 0 heterocycles. The standard InChI is InChI=1S/C13H20N2O/c1-5-14-13(2,3)12(16)15(4)11-9-7-6-8-10-11/h6-10,14H,5H2,1-4H3. The van der Waals surface area contributed by atoms with E-state index < -0.39 is 5.54 Å². The average molecular weight is 220 g/mol. The molecule has 0 unspecified atom stereocenters. The summed E-state index contributed by atoms with van der Waals surface area (Å²) in [6, 6.07) is 9.66. The van der Waals surface area contributed by atoms with Crippen LogP contribution in [0.2, 0.25) is 0 Å². The van der Waals surface area contributed by atoms with Crippen molar-refractivity contribution in [2.75, 3.05) is 18.5 Å². The molecule has 1 aromatic rings. The molecule has 0 aliphatic rings. The smallest absolute Gasteiger partial charge is 0.246 e. The van der Waals surface area contributed by atoms with Crippen LogP contribution in [0.4, 0.5) is 5.69 Å². The van der Waals surface area contributed by atoms with Gasteiger partial charge in [-0.2, -0.15) is 0 Å². The highest BCUT2D eigenvalue weighted by atomic mass is 16.2. The van der Waals surface area contributed by atoms with Crippen molar-refractivity contribution in [1.82, 2.24) is 5.32 Å². The maximum Gasteiger partial charge on any atom is 0.246 e. The predicted octanol–water partition coefficient (Wildman–Crippen LogP) is 2.04. The number of nitrogens with zero attached hydrogens (tertiary/aromatic N) is 1. The molecular formula is C13H20N2O. The van der Waals surface area contributed by atoms with Gasteiger partial charge in [0.25, 0.3) is 0 Å². The first kappa shape index (κ1) is 12.7. The minimum absolute atomic E-state index is 0.0700. The third-order valence-electron chi connectivity index (χ3n) is 2.60. The third-order valence-corrected chi connectivity index (χ3v) is 2.60. The number of rotatable bonds is 4. The number of carbonyl (C=O) groups is 1. The Morgan fingerprint density at radius 3 is 2.38 bits per heavy atom.